The predicted octanol–water partition coefficient (Wildman–Crippen LogP) is 2.31. The van der Waals surface area contributed by atoms with Gasteiger partial charge in [0.25, 0.3) is 0 Å². The zero-order valence-corrected chi connectivity index (χ0v) is 17.0. The Labute approximate surface area is 176 Å². The van der Waals surface area contributed by atoms with Crippen LogP contribution in [0, 0.1) is 0 Å². The average Bonchev–Trinajstić information content (AvgIpc) is 2.78. The molecule has 0 atom stereocenters. The number of carbonyl (C=O) groups excluding carboxylic acids is 2. The second-order valence-corrected chi connectivity index (χ2v) is 7.70. The van der Waals surface area contributed by atoms with E-state index in [-0.39, 0.29) is 17.9 Å². The molecule has 0 unspecified atom stereocenters. The lowest BCUT2D eigenvalue weighted by Gasteiger charge is -2.32. The Morgan fingerprint density at radius 2 is 2.00 bits per heavy atom. The van der Waals surface area contributed by atoms with Gasteiger partial charge in [0.1, 0.15) is 5.75 Å². The van der Waals surface area contributed by atoms with Gasteiger partial charge in [-0.15, -0.1) is 0 Å². The monoisotopic (exact) mass is 409 g/mol. The number of aromatic nitrogens is 2. The van der Waals surface area contributed by atoms with Gasteiger partial charge in [-0.1, -0.05) is 0 Å². The number of nitrogens with one attached hydrogen (secondary N) is 2. The van der Waals surface area contributed by atoms with Crippen molar-refractivity contribution in [1.82, 2.24) is 15.3 Å². The number of hydrogen-bond acceptors (Lipinski definition) is 6. The highest BCUT2D eigenvalue weighted by molar-refractivity contribution is 5.94. The van der Waals surface area contributed by atoms with Crippen molar-refractivity contribution in [3.8, 4) is 5.75 Å². The predicted molar refractivity (Wildman–Crippen MR) is 114 cm³/mol. The molecule has 1 fully saturated rings. The summed E-state index contributed by atoms with van der Waals surface area (Å²) in [6.45, 7) is 2.18. The van der Waals surface area contributed by atoms with Crippen LogP contribution in [0.5, 0.6) is 5.75 Å². The Kier molecular flexibility index (Phi) is 6.41. The zero-order valence-electron chi connectivity index (χ0n) is 17.0. The maximum atomic E-state index is 12.3. The van der Waals surface area contributed by atoms with Crippen LogP contribution in [0.3, 0.4) is 0 Å². The second kappa shape index (κ2) is 9.56. The molecule has 1 aromatic carbocycles. The van der Waals surface area contributed by atoms with Crippen LogP contribution in [0.15, 0.2) is 36.7 Å². The summed E-state index contributed by atoms with van der Waals surface area (Å²) >= 11 is 0. The van der Waals surface area contributed by atoms with Gasteiger partial charge in [-0.05, 0) is 55.5 Å². The van der Waals surface area contributed by atoms with Crippen molar-refractivity contribution in [2.75, 3.05) is 29.9 Å². The summed E-state index contributed by atoms with van der Waals surface area (Å²) < 4.78 is 5.79. The summed E-state index contributed by atoms with van der Waals surface area (Å²) in [5.74, 6) is 1.66. The first-order chi connectivity index (χ1) is 14.7. The van der Waals surface area contributed by atoms with Gasteiger partial charge in [-0.3, -0.25) is 9.59 Å². The third-order valence-corrected chi connectivity index (χ3v) is 5.48. The molecule has 0 spiro atoms. The molecular formula is C22H27N5O3. The summed E-state index contributed by atoms with van der Waals surface area (Å²) in [5.41, 5.74) is 1.96. The minimum atomic E-state index is 0.0567. The Bertz CT molecular complexity index is 882. The summed E-state index contributed by atoms with van der Waals surface area (Å²) in [7, 11) is 0. The number of rotatable bonds is 7. The van der Waals surface area contributed by atoms with E-state index in [1.54, 1.807) is 12.4 Å². The maximum absolute atomic E-state index is 12.3. The molecule has 0 radical (unpaired) electrons. The summed E-state index contributed by atoms with van der Waals surface area (Å²) in [6, 6.07) is 7.72. The largest absolute Gasteiger partial charge is 0.494 e. The molecule has 158 valence electrons. The van der Waals surface area contributed by atoms with E-state index in [9.17, 15) is 9.59 Å². The van der Waals surface area contributed by atoms with Crippen molar-refractivity contribution in [1.29, 1.82) is 0 Å². The van der Waals surface area contributed by atoms with E-state index < -0.39 is 0 Å². The number of ether oxygens (including phenoxy) is 1. The van der Waals surface area contributed by atoms with Gasteiger partial charge >= 0.3 is 0 Å². The van der Waals surface area contributed by atoms with Crippen LogP contribution >= 0.6 is 0 Å². The molecule has 2 aliphatic rings. The van der Waals surface area contributed by atoms with Gasteiger partial charge in [-0.2, -0.15) is 0 Å². The van der Waals surface area contributed by atoms with Crippen LogP contribution in [-0.4, -0.2) is 47.5 Å². The molecule has 4 rings (SSSR count). The second-order valence-electron chi connectivity index (χ2n) is 7.70. The molecule has 8 nitrogen and oxygen atoms in total. The van der Waals surface area contributed by atoms with Gasteiger partial charge in [0.15, 0.2) is 0 Å². The minimum Gasteiger partial charge on any atom is -0.494 e. The Balaban J connectivity index is 1.14. The van der Waals surface area contributed by atoms with Crippen LogP contribution in [-0.2, 0) is 16.0 Å². The third kappa shape index (κ3) is 5.25. The fourth-order valence-electron chi connectivity index (χ4n) is 3.85. The normalized spacial score (nSPS) is 16.5. The van der Waals surface area contributed by atoms with E-state index in [1.165, 1.54) is 0 Å². The average molecular weight is 409 g/mol. The SMILES string of the molecule is O=C1CCc2cc(OCCCC(=O)NC3CCN(c4ncccn4)CC3)ccc2N1. The highest BCUT2D eigenvalue weighted by Crippen LogP contribution is 2.26. The van der Waals surface area contributed by atoms with Crippen molar-refractivity contribution >= 4 is 23.5 Å². The van der Waals surface area contributed by atoms with Crippen molar-refractivity contribution in [3.05, 3.63) is 42.2 Å². The molecule has 2 aromatic rings. The van der Waals surface area contributed by atoms with Crippen molar-refractivity contribution in [2.45, 2.75) is 44.6 Å². The summed E-state index contributed by atoms with van der Waals surface area (Å²) in [6.07, 6.45) is 7.64. The summed E-state index contributed by atoms with van der Waals surface area (Å²) in [5, 5.41) is 6.00. The first kappa shape index (κ1) is 20.1. The van der Waals surface area contributed by atoms with E-state index in [4.69, 9.17) is 4.74 Å². The minimum absolute atomic E-state index is 0.0567. The third-order valence-electron chi connectivity index (χ3n) is 5.48. The zero-order chi connectivity index (χ0) is 20.8. The fourth-order valence-corrected chi connectivity index (χ4v) is 3.85. The molecule has 30 heavy (non-hydrogen) atoms. The number of anilines is 2. The van der Waals surface area contributed by atoms with Crippen LogP contribution in [0.1, 0.15) is 37.7 Å². The number of aryl methyl sites for hydroxylation is 1. The molecule has 2 amide bonds. The molecule has 0 bridgehead atoms. The van der Waals surface area contributed by atoms with Crippen LogP contribution < -0.4 is 20.3 Å². The van der Waals surface area contributed by atoms with Gasteiger partial charge in [0, 0.05) is 50.1 Å². The van der Waals surface area contributed by atoms with Crippen molar-refractivity contribution in [2.24, 2.45) is 0 Å². The maximum Gasteiger partial charge on any atom is 0.225 e. The van der Waals surface area contributed by atoms with E-state index >= 15 is 0 Å². The van der Waals surface area contributed by atoms with E-state index in [2.05, 4.69) is 25.5 Å². The topological polar surface area (TPSA) is 96.5 Å². The highest BCUT2D eigenvalue weighted by Gasteiger charge is 2.22. The molecule has 2 N–H and O–H groups in total. The first-order valence-corrected chi connectivity index (χ1v) is 10.5. The van der Waals surface area contributed by atoms with Crippen molar-refractivity contribution in [3.63, 3.8) is 0 Å². The van der Waals surface area contributed by atoms with E-state index in [0.717, 1.165) is 55.3 Å². The standard InChI is InChI=1S/C22H27N5O3/c28-20(25-17-8-12-27(13-9-17)22-23-10-2-11-24-22)3-1-14-30-18-5-6-19-16(15-18)4-7-21(29)26-19/h2,5-6,10-11,15,17H,1,3-4,7-9,12-14H2,(H,25,28)(H,26,29). The Morgan fingerprint density at radius 3 is 2.80 bits per heavy atom. The lowest BCUT2D eigenvalue weighted by molar-refractivity contribution is -0.122. The molecule has 0 saturated carbocycles. The Morgan fingerprint density at radius 1 is 1.20 bits per heavy atom. The van der Waals surface area contributed by atoms with Gasteiger partial charge in [0.2, 0.25) is 17.8 Å². The molecular weight excluding hydrogens is 382 g/mol. The smallest absolute Gasteiger partial charge is 0.225 e. The number of carbonyl (C=O) groups is 2. The number of hydrogen-bond donors (Lipinski definition) is 2. The number of piperidine rings is 1. The fraction of sp³-hybridized carbons (Fsp3) is 0.455. The molecule has 3 heterocycles. The molecule has 1 aromatic heterocycles. The lowest BCUT2D eigenvalue weighted by Crippen LogP contribution is -2.45. The molecule has 2 aliphatic heterocycles. The lowest BCUT2D eigenvalue weighted by atomic mass is 10.0. The van der Waals surface area contributed by atoms with Gasteiger partial charge in [0.05, 0.1) is 6.61 Å². The number of amides is 2. The van der Waals surface area contributed by atoms with Crippen LogP contribution in [0.2, 0.25) is 0 Å². The number of benzene rings is 1. The number of nitrogens with zero attached hydrogens (tertiary/aromatic N) is 3. The molecule has 8 heteroatoms. The van der Waals surface area contributed by atoms with Gasteiger partial charge < -0.3 is 20.3 Å². The molecule has 0 aliphatic carbocycles. The van der Waals surface area contributed by atoms with Crippen LogP contribution in [0.25, 0.3) is 0 Å². The van der Waals surface area contributed by atoms with Gasteiger partial charge in [-0.25, -0.2) is 9.97 Å². The van der Waals surface area contributed by atoms with E-state index in [1.807, 2.05) is 24.3 Å². The summed E-state index contributed by atoms with van der Waals surface area (Å²) in [4.78, 5) is 34.4. The van der Waals surface area contributed by atoms with E-state index in [0.29, 0.717) is 25.9 Å². The molecule has 1 saturated heterocycles. The quantitative estimate of drug-likeness (QED) is 0.681. The first-order valence-electron chi connectivity index (χ1n) is 10.5. The van der Waals surface area contributed by atoms with Crippen LogP contribution in [0.4, 0.5) is 11.6 Å². The Hall–Kier alpha value is -3.16. The number of fused-ring (bicyclic) bond motifs is 1. The highest BCUT2D eigenvalue weighted by atomic mass is 16.5. The van der Waals surface area contributed by atoms with Crippen molar-refractivity contribution < 1.29 is 14.3 Å².